The predicted molar refractivity (Wildman–Crippen MR) is 79.9 cm³/mol. The van der Waals surface area contributed by atoms with Crippen molar-refractivity contribution in [2.24, 2.45) is 0 Å². The molecule has 3 nitrogen and oxygen atoms in total. The van der Waals surface area contributed by atoms with Gasteiger partial charge in [-0.1, -0.05) is 12.1 Å². The highest BCUT2D eigenvalue weighted by Crippen LogP contribution is 2.26. The minimum Gasteiger partial charge on any atom is -0.508 e. The van der Waals surface area contributed by atoms with E-state index in [1.54, 1.807) is 12.1 Å². The van der Waals surface area contributed by atoms with Crippen LogP contribution in [0.1, 0.15) is 11.6 Å². The number of nitrogens with one attached hydrogen (secondary N) is 1. The Balaban J connectivity index is 0.00000162. The fourth-order valence-corrected chi connectivity index (χ4v) is 2.19. The molecule has 0 radical (unpaired) electrons. The lowest BCUT2D eigenvalue weighted by Crippen LogP contribution is -2.44. The molecule has 1 atom stereocenters. The van der Waals surface area contributed by atoms with E-state index in [0.29, 0.717) is 5.56 Å². The second kappa shape index (κ2) is 8.38. The van der Waals surface area contributed by atoms with E-state index in [1.807, 2.05) is 0 Å². The highest BCUT2D eigenvalue weighted by molar-refractivity contribution is 5.85. The molecular formula is C13H19Cl2FN2O. The Kier molecular flexibility index (Phi) is 8.02. The molecule has 0 saturated carbocycles. The van der Waals surface area contributed by atoms with Crippen LogP contribution in [-0.4, -0.2) is 36.2 Å². The van der Waals surface area contributed by atoms with E-state index in [1.165, 1.54) is 6.07 Å². The van der Waals surface area contributed by atoms with Crippen molar-refractivity contribution in [1.29, 1.82) is 0 Å². The Morgan fingerprint density at radius 3 is 2.47 bits per heavy atom. The van der Waals surface area contributed by atoms with Gasteiger partial charge in [0.1, 0.15) is 11.6 Å². The third kappa shape index (κ3) is 4.35. The molecule has 0 amide bonds. The molecule has 1 aromatic rings. The van der Waals surface area contributed by atoms with Gasteiger partial charge in [0.05, 0.1) is 6.04 Å². The summed E-state index contributed by atoms with van der Waals surface area (Å²) in [5, 5.41) is 12.5. The van der Waals surface area contributed by atoms with Crippen LogP contribution in [0.5, 0.6) is 5.75 Å². The van der Waals surface area contributed by atoms with E-state index in [0.717, 1.165) is 32.2 Å². The lowest BCUT2D eigenvalue weighted by Gasteiger charge is -2.33. The lowest BCUT2D eigenvalue weighted by atomic mass is 10.0. The number of phenols is 1. The van der Waals surface area contributed by atoms with Gasteiger partial charge >= 0.3 is 0 Å². The molecule has 0 aromatic heterocycles. The molecule has 1 aliphatic rings. The summed E-state index contributed by atoms with van der Waals surface area (Å²) in [5.74, 6) is -0.428. The van der Waals surface area contributed by atoms with Crippen LogP contribution in [0.2, 0.25) is 0 Å². The maximum atomic E-state index is 13.8. The van der Waals surface area contributed by atoms with Crippen LogP contribution in [0.3, 0.4) is 0 Å². The quantitative estimate of drug-likeness (QED) is 0.842. The summed E-state index contributed by atoms with van der Waals surface area (Å²) in [6, 6.07) is 4.15. The molecule has 6 heteroatoms. The van der Waals surface area contributed by atoms with Crippen LogP contribution in [0.25, 0.3) is 0 Å². The lowest BCUT2D eigenvalue weighted by molar-refractivity contribution is 0.200. The number of piperazine rings is 1. The second-order valence-corrected chi connectivity index (χ2v) is 4.17. The average Bonchev–Trinajstić information content (AvgIpc) is 2.34. The van der Waals surface area contributed by atoms with Crippen molar-refractivity contribution in [3.05, 3.63) is 42.2 Å². The number of hydrogen-bond donors (Lipinski definition) is 2. The van der Waals surface area contributed by atoms with Gasteiger partial charge in [-0.3, -0.25) is 4.90 Å². The van der Waals surface area contributed by atoms with Crippen LogP contribution >= 0.6 is 24.8 Å². The molecule has 1 aliphatic heterocycles. The van der Waals surface area contributed by atoms with Crippen LogP contribution < -0.4 is 5.32 Å². The molecule has 0 spiro atoms. The zero-order chi connectivity index (χ0) is 12.3. The standard InChI is InChI=1S/C13H17FN2O.2ClH/c1-2-13(16-7-5-15-6-8-16)11-4-3-10(17)9-12(11)14;;/h2-4,9,13,15,17H,1,5-8H2;2*1H/t13-;;/m1../s1. The first-order valence-electron chi connectivity index (χ1n) is 5.78. The van der Waals surface area contributed by atoms with Gasteiger partial charge in [-0.25, -0.2) is 4.39 Å². The number of phenolic OH excluding ortho intramolecular Hbond substituents is 1. The largest absolute Gasteiger partial charge is 0.508 e. The van der Waals surface area contributed by atoms with Crippen molar-refractivity contribution < 1.29 is 9.50 Å². The number of benzene rings is 1. The minimum atomic E-state index is -0.381. The Morgan fingerprint density at radius 1 is 1.32 bits per heavy atom. The van der Waals surface area contributed by atoms with Gasteiger partial charge < -0.3 is 10.4 Å². The average molecular weight is 309 g/mol. The molecule has 2 N–H and O–H groups in total. The summed E-state index contributed by atoms with van der Waals surface area (Å²) in [6.07, 6.45) is 1.75. The highest BCUT2D eigenvalue weighted by Gasteiger charge is 2.21. The minimum absolute atomic E-state index is 0. The summed E-state index contributed by atoms with van der Waals surface area (Å²) >= 11 is 0. The van der Waals surface area contributed by atoms with Crippen LogP contribution in [0.4, 0.5) is 4.39 Å². The van der Waals surface area contributed by atoms with Crippen molar-refractivity contribution in [1.82, 2.24) is 10.2 Å². The van der Waals surface area contributed by atoms with E-state index >= 15 is 0 Å². The molecule has 19 heavy (non-hydrogen) atoms. The summed E-state index contributed by atoms with van der Waals surface area (Å²) in [7, 11) is 0. The number of rotatable bonds is 3. The normalized spacial score (nSPS) is 16.9. The predicted octanol–water partition coefficient (Wildman–Crippen LogP) is 2.51. The van der Waals surface area contributed by atoms with Crippen molar-refractivity contribution in [2.75, 3.05) is 26.2 Å². The van der Waals surface area contributed by atoms with E-state index in [9.17, 15) is 9.50 Å². The van der Waals surface area contributed by atoms with E-state index in [-0.39, 0.29) is 42.4 Å². The molecule has 108 valence electrons. The molecule has 0 bridgehead atoms. The molecular weight excluding hydrogens is 290 g/mol. The molecule has 1 heterocycles. The molecule has 0 aliphatic carbocycles. The molecule has 1 fully saturated rings. The monoisotopic (exact) mass is 308 g/mol. The summed E-state index contributed by atoms with van der Waals surface area (Å²) in [4.78, 5) is 2.18. The molecule has 1 aromatic carbocycles. The van der Waals surface area contributed by atoms with Gasteiger partial charge in [-0.05, 0) is 6.07 Å². The van der Waals surface area contributed by atoms with E-state index in [2.05, 4.69) is 16.8 Å². The molecule has 0 unspecified atom stereocenters. The van der Waals surface area contributed by atoms with E-state index in [4.69, 9.17) is 0 Å². The molecule has 1 saturated heterocycles. The van der Waals surface area contributed by atoms with Gasteiger partial charge in [0.2, 0.25) is 0 Å². The highest BCUT2D eigenvalue weighted by atomic mass is 35.5. The van der Waals surface area contributed by atoms with Crippen molar-refractivity contribution in [3.8, 4) is 5.75 Å². The first-order chi connectivity index (χ1) is 8.22. The zero-order valence-electron chi connectivity index (χ0n) is 10.5. The number of aromatic hydroxyl groups is 1. The fourth-order valence-electron chi connectivity index (χ4n) is 2.19. The third-order valence-electron chi connectivity index (χ3n) is 3.07. The SMILES string of the molecule is C=C[C@H](c1ccc(O)cc1F)N1CCNCC1.Cl.Cl. The third-order valence-corrected chi connectivity index (χ3v) is 3.07. The summed E-state index contributed by atoms with van der Waals surface area (Å²) < 4.78 is 13.8. The number of hydrogen-bond acceptors (Lipinski definition) is 3. The maximum absolute atomic E-state index is 13.8. The summed E-state index contributed by atoms with van der Waals surface area (Å²) in [6.45, 7) is 7.34. The summed E-state index contributed by atoms with van der Waals surface area (Å²) in [5.41, 5.74) is 0.569. The van der Waals surface area contributed by atoms with Crippen molar-refractivity contribution in [2.45, 2.75) is 6.04 Å². The van der Waals surface area contributed by atoms with Gasteiger partial charge in [0, 0.05) is 37.8 Å². The maximum Gasteiger partial charge on any atom is 0.131 e. The van der Waals surface area contributed by atoms with Gasteiger partial charge in [0.25, 0.3) is 0 Å². The smallest absolute Gasteiger partial charge is 0.131 e. The van der Waals surface area contributed by atoms with Gasteiger partial charge in [0.15, 0.2) is 0 Å². The van der Waals surface area contributed by atoms with Crippen molar-refractivity contribution >= 4 is 24.8 Å². The van der Waals surface area contributed by atoms with Crippen LogP contribution in [-0.2, 0) is 0 Å². The van der Waals surface area contributed by atoms with E-state index < -0.39 is 0 Å². The first-order valence-corrected chi connectivity index (χ1v) is 5.78. The Hall–Kier alpha value is -0.810. The topological polar surface area (TPSA) is 35.5 Å². The fraction of sp³-hybridized carbons (Fsp3) is 0.385. The Labute approximate surface area is 125 Å². The zero-order valence-corrected chi connectivity index (χ0v) is 12.1. The van der Waals surface area contributed by atoms with Gasteiger partial charge in [-0.2, -0.15) is 0 Å². The number of halogens is 3. The van der Waals surface area contributed by atoms with Crippen LogP contribution in [0, 0.1) is 5.82 Å². The first kappa shape index (κ1) is 18.2. The Bertz CT molecular complexity index is 412. The second-order valence-electron chi connectivity index (χ2n) is 4.17. The molecule has 2 rings (SSSR count). The van der Waals surface area contributed by atoms with Crippen LogP contribution in [0.15, 0.2) is 30.9 Å². The van der Waals surface area contributed by atoms with Gasteiger partial charge in [-0.15, -0.1) is 31.4 Å². The Morgan fingerprint density at radius 2 is 1.95 bits per heavy atom. The number of nitrogens with zero attached hydrogens (tertiary/aromatic N) is 1. The van der Waals surface area contributed by atoms with Crippen molar-refractivity contribution in [3.63, 3.8) is 0 Å².